The molecule has 2 aromatic heterocycles. The quantitative estimate of drug-likeness (QED) is 0.674. The van der Waals surface area contributed by atoms with Crippen LogP contribution in [0.15, 0.2) is 30.7 Å². The molecular formula is C18H17F3N6O3. The van der Waals surface area contributed by atoms with Gasteiger partial charge in [-0.1, -0.05) is 0 Å². The van der Waals surface area contributed by atoms with Gasteiger partial charge in [0.05, 0.1) is 12.1 Å². The minimum absolute atomic E-state index is 0.0191. The number of imidazole rings is 1. The molecular weight excluding hydrogens is 405 g/mol. The summed E-state index contributed by atoms with van der Waals surface area (Å²) < 4.78 is 52.2. The van der Waals surface area contributed by atoms with E-state index in [0.717, 1.165) is 11.0 Å². The van der Waals surface area contributed by atoms with Gasteiger partial charge in [0.2, 0.25) is 0 Å². The summed E-state index contributed by atoms with van der Waals surface area (Å²) in [7, 11) is 0. The van der Waals surface area contributed by atoms with Crippen LogP contribution in [0.25, 0.3) is 22.9 Å². The van der Waals surface area contributed by atoms with Crippen LogP contribution >= 0.6 is 0 Å². The van der Waals surface area contributed by atoms with Gasteiger partial charge >= 0.3 is 6.18 Å². The number of amides is 1. The van der Waals surface area contributed by atoms with Crippen molar-refractivity contribution in [2.75, 3.05) is 6.61 Å². The Morgan fingerprint density at radius 1 is 1.37 bits per heavy atom. The fraction of sp³-hybridized carbons (Fsp3) is 0.333. The van der Waals surface area contributed by atoms with Gasteiger partial charge < -0.3 is 19.8 Å². The summed E-state index contributed by atoms with van der Waals surface area (Å²) in [5.74, 6) is 0.787. The molecule has 1 atom stereocenters. The predicted octanol–water partition coefficient (Wildman–Crippen LogP) is 2.02. The van der Waals surface area contributed by atoms with E-state index in [0.29, 0.717) is 36.0 Å². The fourth-order valence-corrected chi connectivity index (χ4v) is 3.05. The highest BCUT2D eigenvalue weighted by Crippen LogP contribution is 2.36. The van der Waals surface area contributed by atoms with Crippen molar-refractivity contribution in [1.82, 2.24) is 24.3 Å². The topological polar surface area (TPSA) is 110 Å². The standard InChI is InChI=1S/C18H17F3N6O3/c1-10(15(22)28)30-11-2-3-12-14(6-11)29-5-4-26-7-13(25-16(12)26)17-23-9-24-27(17)8-18(19,20)21/h2-3,6-7,9-10H,4-5,8H2,1H3,(H2,22,28)/t10-/m0/s1. The Kier molecular flexibility index (Phi) is 4.84. The third-order valence-electron chi connectivity index (χ3n) is 4.45. The molecule has 4 rings (SSSR count). The van der Waals surface area contributed by atoms with Crippen molar-refractivity contribution in [2.45, 2.75) is 32.3 Å². The van der Waals surface area contributed by atoms with Gasteiger partial charge in [-0.15, -0.1) is 0 Å². The Morgan fingerprint density at radius 3 is 2.90 bits per heavy atom. The molecule has 1 aromatic carbocycles. The third-order valence-corrected chi connectivity index (χ3v) is 4.45. The second-order valence-electron chi connectivity index (χ2n) is 6.67. The molecule has 1 aliphatic heterocycles. The monoisotopic (exact) mass is 422 g/mol. The number of carbonyl (C=O) groups excluding carboxylic acids is 1. The van der Waals surface area contributed by atoms with E-state index in [2.05, 4.69) is 15.1 Å². The maximum absolute atomic E-state index is 12.8. The zero-order chi connectivity index (χ0) is 21.5. The number of alkyl halides is 3. The van der Waals surface area contributed by atoms with E-state index in [4.69, 9.17) is 15.2 Å². The number of carbonyl (C=O) groups is 1. The molecule has 0 saturated carbocycles. The first-order valence-corrected chi connectivity index (χ1v) is 8.96. The molecule has 9 nitrogen and oxygen atoms in total. The Hall–Kier alpha value is -3.57. The van der Waals surface area contributed by atoms with Crippen LogP contribution in [0.4, 0.5) is 13.2 Å². The van der Waals surface area contributed by atoms with Crippen molar-refractivity contribution in [3.8, 4) is 34.4 Å². The number of benzene rings is 1. The number of hydrogen-bond acceptors (Lipinski definition) is 6. The highest BCUT2D eigenvalue weighted by molar-refractivity contribution is 5.78. The van der Waals surface area contributed by atoms with Crippen molar-refractivity contribution in [1.29, 1.82) is 0 Å². The normalized spacial score (nSPS) is 14.3. The Labute approximate surface area is 168 Å². The lowest BCUT2D eigenvalue weighted by molar-refractivity contribution is -0.142. The predicted molar refractivity (Wildman–Crippen MR) is 97.5 cm³/mol. The molecule has 0 spiro atoms. The van der Waals surface area contributed by atoms with Crippen molar-refractivity contribution >= 4 is 5.91 Å². The van der Waals surface area contributed by atoms with Crippen molar-refractivity contribution < 1.29 is 27.4 Å². The summed E-state index contributed by atoms with van der Waals surface area (Å²) in [6.45, 7) is 1.01. The van der Waals surface area contributed by atoms with Crippen LogP contribution in [0, 0.1) is 0 Å². The third kappa shape index (κ3) is 3.93. The highest BCUT2D eigenvalue weighted by Gasteiger charge is 2.31. The minimum Gasteiger partial charge on any atom is -0.491 e. The highest BCUT2D eigenvalue weighted by atomic mass is 19.4. The summed E-state index contributed by atoms with van der Waals surface area (Å²) in [5.41, 5.74) is 6.11. The van der Waals surface area contributed by atoms with Gasteiger partial charge in [0, 0.05) is 12.3 Å². The zero-order valence-electron chi connectivity index (χ0n) is 15.8. The number of ether oxygens (including phenoxy) is 2. The molecule has 158 valence electrons. The molecule has 0 bridgehead atoms. The van der Waals surface area contributed by atoms with E-state index in [-0.39, 0.29) is 11.5 Å². The van der Waals surface area contributed by atoms with E-state index in [1.165, 1.54) is 6.92 Å². The molecule has 0 aliphatic carbocycles. The molecule has 12 heteroatoms. The summed E-state index contributed by atoms with van der Waals surface area (Å²) >= 11 is 0. The number of rotatable bonds is 5. The van der Waals surface area contributed by atoms with Gasteiger partial charge in [-0.2, -0.15) is 18.3 Å². The SMILES string of the molecule is C[C@H](Oc1ccc2c(c1)OCCn1cc(-c3ncnn3CC(F)(F)F)nc1-2)C(N)=O. The average Bonchev–Trinajstić information content (AvgIpc) is 3.23. The van der Waals surface area contributed by atoms with Gasteiger partial charge in [0.15, 0.2) is 11.9 Å². The zero-order valence-corrected chi connectivity index (χ0v) is 15.8. The molecule has 1 amide bonds. The fourth-order valence-electron chi connectivity index (χ4n) is 3.05. The van der Waals surface area contributed by atoms with Gasteiger partial charge in [0.25, 0.3) is 5.91 Å². The first-order chi connectivity index (χ1) is 14.2. The van der Waals surface area contributed by atoms with E-state index >= 15 is 0 Å². The number of halogens is 3. The van der Waals surface area contributed by atoms with Gasteiger partial charge in [-0.25, -0.2) is 14.6 Å². The smallest absolute Gasteiger partial charge is 0.408 e. The van der Waals surface area contributed by atoms with E-state index in [1.54, 1.807) is 29.0 Å². The molecule has 1 aliphatic rings. The van der Waals surface area contributed by atoms with E-state index in [9.17, 15) is 18.0 Å². The molecule has 0 unspecified atom stereocenters. The van der Waals surface area contributed by atoms with Crippen LogP contribution in [-0.4, -0.2) is 49.1 Å². The van der Waals surface area contributed by atoms with Crippen LogP contribution < -0.4 is 15.2 Å². The number of primary amides is 1. The Morgan fingerprint density at radius 2 is 2.17 bits per heavy atom. The van der Waals surface area contributed by atoms with Crippen molar-refractivity contribution in [3.63, 3.8) is 0 Å². The first kappa shape index (κ1) is 19.7. The molecule has 0 saturated heterocycles. The largest absolute Gasteiger partial charge is 0.491 e. The number of hydrogen-bond donors (Lipinski definition) is 1. The Bertz CT molecular complexity index is 1090. The van der Waals surface area contributed by atoms with Crippen LogP contribution in [-0.2, 0) is 17.9 Å². The molecule has 2 N–H and O–H groups in total. The summed E-state index contributed by atoms with van der Waals surface area (Å²) in [6.07, 6.45) is -2.57. The van der Waals surface area contributed by atoms with Crippen molar-refractivity contribution in [2.24, 2.45) is 5.73 Å². The van der Waals surface area contributed by atoms with Crippen LogP contribution in [0.3, 0.4) is 0 Å². The molecule has 3 heterocycles. The van der Waals surface area contributed by atoms with Crippen molar-refractivity contribution in [3.05, 3.63) is 30.7 Å². The maximum atomic E-state index is 12.8. The molecule has 0 radical (unpaired) electrons. The maximum Gasteiger partial charge on any atom is 0.408 e. The second-order valence-corrected chi connectivity index (χ2v) is 6.67. The minimum atomic E-state index is -4.43. The van der Waals surface area contributed by atoms with Gasteiger partial charge in [-0.3, -0.25) is 4.79 Å². The van der Waals surface area contributed by atoms with Crippen LogP contribution in [0.5, 0.6) is 11.5 Å². The van der Waals surface area contributed by atoms with Gasteiger partial charge in [-0.05, 0) is 19.1 Å². The lowest BCUT2D eigenvalue weighted by Crippen LogP contribution is -2.30. The number of fused-ring (bicyclic) bond motifs is 3. The molecule has 3 aromatic rings. The number of aromatic nitrogens is 5. The number of nitrogens with zero attached hydrogens (tertiary/aromatic N) is 5. The number of nitrogens with two attached hydrogens (primary N) is 1. The van der Waals surface area contributed by atoms with E-state index < -0.39 is 24.7 Å². The summed E-state index contributed by atoms with van der Waals surface area (Å²) in [6, 6.07) is 4.95. The summed E-state index contributed by atoms with van der Waals surface area (Å²) in [4.78, 5) is 19.6. The lowest BCUT2D eigenvalue weighted by atomic mass is 10.1. The molecule has 30 heavy (non-hydrogen) atoms. The Balaban J connectivity index is 1.69. The summed E-state index contributed by atoms with van der Waals surface area (Å²) in [5, 5.41) is 3.66. The second kappa shape index (κ2) is 7.35. The van der Waals surface area contributed by atoms with Crippen LogP contribution in [0.2, 0.25) is 0 Å². The average molecular weight is 422 g/mol. The molecule has 0 fully saturated rings. The first-order valence-electron chi connectivity index (χ1n) is 8.96. The van der Waals surface area contributed by atoms with Crippen LogP contribution in [0.1, 0.15) is 6.92 Å². The van der Waals surface area contributed by atoms with E-state index in [1.807, 2.05) is 0 Å². The lowest BCUT2D eigenvalue weighted by Gasteiger charge is -2.13. The van der Waals surface area contributed by atoms with Gasteiger partial charge in [0.1, 0.15) is 42.5 Å².